The van der Waals surface area contributed by atoms with Crippen molar-refractivity contribution in [2.45, 2.75) is 18.4 Å². The number of amides is 1. The maximum atomic E-state index is 12.3. The van der Waals surface area contributed by atoms with Gasteiger partial charge in [-0.2, -0.15) is 4.98 Å². The Hall–Kier alpha value is -3.01. The third-order valence-electron chi connectivity index (χ3n) is 3.52. The van der Waals surface area contributed by atoms with E-state index in [4.69, 9.17) is 15.2 Å². The molecule has 142 valence electrons. The van der Waals surface area contributed by atoms with E-state index in [0.717, 1.165) is 6.42 Å². The average Bonchev–Trinajstić information content (AvgIpc) is 3.13. The standard InChI is InChI=1S/C17H20N6O3S/c1-3-6-26-12-7-10(4-5-11(12)25-2)21-13(24)8-27-16-14-15(20-9-19-14)22-17(18)23-16/h4-5,7,9H,3,6,8H2,1-2H3,(H,21,24)(H3,18,19,20,22,23). The molecule has 3 aromatic rings. The van der Waals surface area contributed by atoms with Gasteiger partial charge in [0.15, 0.2) is 17.1 Å². The number of nitrogens with zero attached hydrogens (tertiary/aromatic N) is 3. The maximum Gasteiger partial charge on any atom is 0.234 e. The normalized spacial score (nSPS) is 10.7. The number of nitrogens with one attached hydrogen (secondary N) is 2. The van der Waals surface area contributed by atoms with Crippen LogP contribution in [0.4, 0.5) is 11.6 Å². The number of anilines is 2. The summed E-state index contributed by atoms with van der Waals surface area (Å²) in [6.07, 6.45) is 2.39. The average molecular weight is 388 g/mol. The van der Waals surface area contributed by atoms with Gasteiger partial charge < -0.3 is 25.5 Å². The molecule has 4 N–H and O–H groups in total. The summed E-state index contributed by atoms with van der Waals surface area (Å²) in [6.45, 7) is 2.59. The number of rotatable bonds is 8. The molecule has 0 fully saturated rings. The van der Waals surface area contributed by atoms with Gasteiger partial charge in [-0.25, -0.2) is 9.97 Å². The first-order valence-corrected chi connectivity index (χ1v) is 9.29. The van der Waals surface area contributed by atoms with Gasteiger partial charge >= 0.3 is 0 Å². The van der Waals surface area contributed by atoms with E-state index < -0.39 is 0 Å². The first-order valence-electron chi connectivity index (χ1n) is 8.30. The molecular weight excluding hydrogens is 368 g/mol. The van der Waals surface area contributed by atoms with E-state index in [0.29, 0.717) is 40.0 Å². The van der Waals surface area contributed by atoms with Gasteiger partial charge in [-0.05, 0) is 18.6 Å². The molecule has 0 aliphatic carbocycles. The number of methoxy groups -OCH3 is 1. The molecule has 27 heavy (non-hydrogen) atoms. The highest BCUT2D eigenvalue weighted by molar-refractivity contribution is 8.00. The minimum absolute atomic E-state index is 0.116. The number of H-pyrrole nitrogens is 1. The highest BCUT2D eigenvalue weighted by Crippen LogP contribution is 2.30. The lowest BCUT2D eigenvalue weighted by molar-refractivity contribution is -0.113. The van der Waals surface area contributed by atoms with Gasteiger partial charge in [0.1, 0.15) is 10.5 Å². The van der Waals surface area contributed by atoms with Crippen LogP contribution in [0.15, 0.2) is 29.6 Å². The summed E-state index contributed by atoms with van der Waals surface area (Å²) in [6, 6.07) is 5.26. The summed E-state index contributed by atoms with van der Waals surface area (Å²) in [5.74, 6) is 1.30. The number of fused-ring (bicyclic) bond motifs is 1. The van der Waals surface area contributed by atoms with Crippen LogP contribution < -0.4 is 20.5 Å². The second-order valence-electron chi connectivity index (χ2n) is 5.54. The van der Waals surface area contributed by atoms with Crippen LogP contribution in [0.1, 0.15) is 13.3 Å². The predicted octanol–water partition coefficient (Wildman–Crippen LogP) is 2.46. The summed E-state index contributed by atoms with van der Waals surface area (Å²) >= 11 is 1.25. The third-order valence-corrected chi connectivity index (χ3v) is 4.49. The Morgan fingerprint density at radius 3 is 2.96 bits per heavy atom. The van der Waals surface area contributed by atoms with Gasteiger partial charge in [-0.1, -0.05) is 18.7 Å². The molecule has 0 spiro atoms. The fourth-order valence-electron chi connectivity index (χ4n) is 2.34. The van der Waals surface area contributed by atoms with E-state index in [9.17, 15) is 4.79 Å². The molecule has 0 aliphatic heterocycles. The number of imidazole rings is 1. The molecule has 0 unspecified atom stereocenters. The van der Waals surface area contributed by atoms with Gasteiger partial charge in [0, 0.05) is 11.8 Å². The molecule has 3 rings (SSSR count). The van der Waals surface area contributed by atoms with E-state index >= 15 is 0 Å². The topological polar surface area (TPSA) is 128 Å². The van der Waals surface area contributed by atoms with E-state index in [1.165, 1.54) is 18.1 Å². The molecule has 1 amide bonds. The first kappa shape index (κ1) is 18.8. The molecule has 10 heteroatoms. The van der Waals surface area contributed by atoms with Gasteiger partial charge in [-0.15, -0.1) is 0 Å². The number of hydrogen-bond donors (Lipinski definition) is 3. The van der Waals surface area contributed by atoms with Crippen molar-refractivity contribution in [3.63, 3.8) is 0 Å². The Morgan fingerprint density at radius 2 is 2.19 bits per heavy atom. The first-order chi connectivity index (χ1) is 13.1. The van der Waals surface area contributed by atoms with Crippen molar-refractivity contribution in [3.05, 3.63) is 24.5 Å². The minimum Gasteiger partial charge on any atom is -0.493 e. The summed E-state index contributed by atoms with van der Waals surface area (Å²) in [7, 11) is 1.58. The van der Waals surface area contributed by atoms with Crippen molar-refractivity contribution in [2.75, 3.05) is 30.5 Å². The maximum absolute atomic E-state index is 12.3. The van der Waals surface area contributed by atoms with Crippen LogP contribution >= 0.6 is 11.8 Å². The summed E-state index contributed by atoms with van der Waals surface area (Å²) < 4.78 is 10.9. The largest absolute Gasteiger partial charge is 0.493 e. The van der Waals surface area contributed by atoms with Crippen molar-refractivity contribution in [2.24, 2.45) is 0 Å². The molecule has 2 heterocycles. The van der Waals surface area contributed by atoms with Crippen molar-refractivity contribution < 1.29 is 14.3 Å². The molecule has 0 bridgehead atoms. The monoisotopic (exact) mass is 388 g/mol. The molecule has 2 aromatic heterocycles. The lowest BCUT2D eigenvalue weighted by atomic mass is 10.2. The smallest absolute Gasteiger partial charge is 0.234 e. The molecule has 0 saturated carbocycles. The molecule has 1 aromatic carbocycles. The quantitative estimate of drug-likeness (QED) is 0.396. The Kier molecular flexibility index (Phi) is 5.97. The summed E-state index contributed by atoms with van der Waals surface area (Å²) in [5, 5.41) is 3.42. The Balaban J connectivity index is 1.66. The highest BCUT2D eigenvalue weighted by Gasteiger charge is 2.13. The Labute approximate surface area is 160 Å². The number of benzene rings is 1. The zero-order chi connectivity index (χ0) is 19.2. The Bertz CT molecular complexity index is 946. The number of hydrogen-bond acceptors (Lipinski definition) is 8. The number of carbonyl (C=O) groups excluding carboxylic acids is 1. The summed E-state index contributed by atoms with van der Waals surface area (Å²) in [4.78, 5) is 27.5. The van der Waals surface area contributed by atoms with Crippen LogP contribution in [-0.2, 0) is 4.79 Å². The predicted molar refractivity (Wildman–Crippen MR) is 104 cm³/mol. The molecule has 0 aliphatic rings. The van der Waals surface area contributed by atoms with Crippen LogP contribution in [0.3, 0.4) is 0 Å². The fraction of sp³-hybridized carbons (Fsp3) is 0.294. The molecular formula is C17H20N6O3S. The lowest BCUT2D eigenvalue weighted by Crippen LogP contribution is -2.14. The van der Waals surface area contributed by atoms with E-state index in [1.807, 2.05) is 6.92 Å². The van der Waals surface area contributed by atoms with Crippen molar-refractivity contribution >= 4 is 40.5 Å². The van der Waals surface area contributed by atoms with Crippen LogP contribution in [0.25, 0.3) is 11.2 Å². The number of carbonyl (C=O) groups is 1. The molecule has 0 saturated heterocycles. The van der Waals surface area contributed by atoms with Crippen molar-refractivity contribution in [1.29, 1.82) is 0 Å². The number of aromatic amines is 1. The second kappa shape index (κ2) is 8.58. The van der Waals surface area contributed by atoms with Crippen LogP contribution in [-0.4, -0.2) is 45.3 Å². The number of nitrogen functional groups attached to an aromatic ring is 1. The fourth-order valence-corrected chi connectivity index (χ4v) is 3.13. The molecule has 0 atom stereocenters. The van der Waals surface area contributed by atoms with Crippen molar-refractivity contribution in [1.82, 2.24) is 19.9 Å². The third kappa shape index (κ3) is 4.59. The van der Waals surface area contributed by atoms with Crippen LogP contribution in [0.2, 0.25) is 0 Å². The Morgan fingerprint density at radius 1 is 1.33 bits per heavy atom. The van der Waals surface area contributed by atoms with E-state index in [2.05, 4.69) is 25.3 Å². The van der Waals surface area contributed by atoms with Gasteiger partial charge in [0.05, 0.1) is 25.8 Å². The van der Waals surface area contributed by atoms with Gasteiger partial charge in [-0.3, -0.25) is 4.79 Å². The number of thioether (sulfide) groups is 1. The van der Waals surface area contributed by atoms with Gasteiger partial charge in [0.25, 0.3) is 0 Å². The van der Waals surface area contributed by atoms with E-state index in [1.54, 1.807) is 25.3 Å². The lowest BCUT2D eigenvalue weighted by Gasteiger charge is -2.12. The van der Waals surface area contributed by atoms with Crippen molar-refractivity contribution in [3.8, 4) is 11.5 Å². The second-order valence-corrected chi connectivity index (χ2v) is 6.50. The number of nitrogens with two attached hydrogens (primary N) is 1. The summed E-state index contributed by atoms with van der Waals surface area (Å²) in [5.41, 5.74) is 7.43. The van der Waals surface area contributed by atoms with Crippen LogP contribution in [0.5, 0.6) is 11.5 Å². The highest BCUT2D eigenvalue weighted by atomic mass is 32.2. The zero-order valence-corrected chi connectivity index (χ0v) is 15.8. The molecule has 0 radical (unpaired) electrons. The number of aromatic nitrogens is 4. The van der Waals surface area contributed by atoms with Crippen LogP contribution in [0, 0.1) is 0 Å². The van der Waals surface area contributed by atoms with E-state index in [-0.39, 0.29) is 17.6 Å². The molecule has 9 nitrogen and oxygen atoms in total. The minimum atomic E-state index is -0.184. The number of ether oxygens (including phenoxy) is 2. The zero-order valence-electron chi connectivity index (χ0n) is 15.0. The SMILES string of the molecule is CCCOc1cc(NC(=O)CSc2nc(N)nc3nc[nH]c23)ccc1OC. The van der Waals surface area contributed by atoms with Gasteiger partial charge in [0.2, 0.25) is 11.9 Å².